The number of esters is 1. The molecule has 0 atom stereocenters. The summed E-state index contributed by atoms with van der Waals surface area (Å²) < 4.78 is 8.89. The molecular formula is C19H23N5O3. The van der Waals surface area contributed by atoms with Crippen molar-refractivity contribution < 1.29 is 14.3 Å². The number of carbonyl (C=O) groups excluding carboxylic acids is 2. The van der Waals surface area contributed by atoms with Crippen LogP contribution in [0, 0.1) is 13.8 Å². The lowest BCUT2D eigenvalue weighted by atomic mass is 10.1. The predicted molar refractivity (Wildman–Crippen MR) is 99.0 cm³/mol. The molecule has 0 N–H and O–H groups in total. The molecule has 8 heteroatoms. The zero-order chi connectivity index (χ0) is 19.6. The van der Waals surface area contributed by atoms with Crippen molar-refractivity contribution in [1.29, 1.82) is 0 Å². The highest BCUT2D eigenvalue weighted by atomic mass is 16.5. The Hall–Kier alpha value is -3.03. The van der Waals surface area contributed by atoms with Gasteiger partial charge in [-0.05, 0) is 32.8 Å². The van der Waals surface area contributed by atoms with Crippen LogP contribution in [0.2, 0.25) is 0 Å². The van der Waals surface area contributed by atoms with Crippen LogP contribution in [0.15, 0.2) is 18.6 Å². The van der Waals surface area contributed by atoms with Crippen LogP contribution < -0.4 is 0 Å². The molecule has 3 aromatic heterocycles. The van der Waals surface area contributed by atoms with Gasteiger partial charge in [0.05, 0.1) is 11.3 Å². The van der Waals surface area contributed by atoms with Crippen molar-refractivity contribution in [2.24, 2.45) is 0 Å². The number of aromatic nitrogens is 5. The molecule has 3 aromatic rings. The van der Waals surface area contributed by atoms with Crippen LogP contribution in [0.4, 0.5) is 0 Å². The summed E-state index contributed by atoms with van der Waals surface area (Å²) in [6, 6.07) is 1.85. The fourth-order valence-corrected chi connectivity index (χ4v) is 3.27. The molecule has 0 fully saturated rings. The molecule has 0 spiro atoms. The molecule has 0 saturated carbocycles. The lowest BCUT2D eigenvalue weighted by Gasteiger charge is -2.09. The minimum Gasteiger partial charge on any atom is -0.454 e. The largest absolute Gasteiger partial charge is 0.454 e. The average Bonchev–Trinajstić information content (AvgIpc) is 3.25. The number of rotatable bonds is 7. The molecule has 0 aliphatic heterocycles. The first-order chi connectivity index (χ1) is 13.0. The molecule has 8 nitrogen and oxygen atoms in total. The van der Waals surface area contributed by atoms with E-state index in [-0.39, 0.29) is 12.4 Å². The van der Waals surface area contributed by atoms with E-state index in [1.807, 2.05) is 26.8 Å². The number of fused-ring (bicyclic) bond motifs is 1. The second-order valence-corrected chi connectivity index (χ2v) is 6.38. The maximum Gasteiger partial charge on any atom is 0.342 e. The third-order valence-electron chi connectivity index (χ3n) is 4.62. The van der Waals surface area contributed by atoms with E-state index < -0.39 is 5.97 Å². The standard InChI is InChI=1S/C19H23N5O3/c1-5-7-23-12(3)8-14(13(23)4)17(25)10-27-18(26)15-9-20-19-21-11-22-24(19)16(15)6-2/h8-9,11H,5-7,10H2,1-4H3. The fourth-order valence-electron chi connectivity index (χ4n) is 3.27. The van der Waals surface area contributed by atoms with Crippen molar-refractivity contribution in [3.63, 3.8) is 0 Å². The van der Waals surface area contributed by atoms with E-state index in [1.165, 1.54) is 17.0 Å². The zero-order valence-electron chi connectivity index (χ0n) is 16.0. The summed E-state index contributed by atoms with van der Waals surface area (Å²) in [5, 5.41) is 4.08. The van der Waals surface area contributed by atoms with Crippen molar-refractivity contribution in [3.05, 3.63) is 46.8 Å². The molecule has 0 bridgehead atoms. The van der Waals surface area contributed by atoms with Crippen LogP contribution in [0.1, 0.15) is 58.1 Å². The second-order valence-electron chi connectivity index (χ2n) is 6.38. The van der Waals surface area contributed by atoms with Gasteiger partial charge in [-0.1, -0.05) is 13.8 Å². The van der Waals surface area contributed by atoms with Crippen LogP contribution >= 0.6 is 0 Å². The number of carbonyl (C=O) groups is 2. The molecule has 0 unspecified atom stereocenters. The Balaban J connectivity index is 1.76. The molecule has 142 valence electrons. The predicted octanol–water partition coefficient (Wildman–Crippen LogP) is 2.55. The van der Waals surface area contributed by atoms with Crippen LogP contribution in [0.25, 0.3) is 5.78 Å². The molecule has 0 amide bonds. The van der Waals surface area contributed by atoms with E-state index in [0.717, 1.165) is 24.4 Å². The number of hydrogen-bond acceptors (Lipinski definition) is 6. The summed E-state index contributed by atoms with van der Waals surface area (Å²) in [7, 11) is 0. The van der Waals surface area contributed by atoms with Gasteiger partial charge in [0.1, 0.15) is 6.33 Å². The Bertz CT molecular complexity index is 1000. The van der Waals surface area contributed by atoms with Gasteiger partial charge in [0.25, 0.3) is 5.78 Å². The molecule has 0 aliphatic rings. The Morgan fingerprint density at radius 1 is 1.15 bits per heavy atom. The summed E-state index contributed by atoms with van der Waals surface area (Å²) in [6.07, 6.45) is 4.34. The third-order valence-corrected chi connectivity index (χ3v) is 4.62. The Morgan fingerprint density at radius 2 is 1.93 bits per heavy atom. The maximum absolute atomic E-state index is 12.6. The zero-order valence-corrected chi connectivity index (χ0v) is 16.0. The van der Waals surface area contributed by atoms with Gasteiger partial charge in [0, 0.05) is 29.7 Å². The normalized spacial score (nSPS) is 11.1. The van der Waals surface area contributed by atoms with E-state index in [0.29, 0.717) is 29.0 Å². The van der Waals surface area contributed by atoms with Crippen LogP contribution in [-0.2, 0) is 17.7 Å². The number of aryl methyl sites for hydroxylation is 2. The SMILES string of the molecule is CCCn1c(C)cc(C(=O)COC(=O)c2cnc3ncnn3c2CC)c1C. The summed E-state index contributed by atoms with van der Waals surface area (Å²) in [5.74, 6) is -0.387. The summed E-state index contributed by atoms with van der Waals surface area (Å²) >= 11 is 0. The second kappa shape index (κ2) is 7.69. The smallest absolute Gasteiger partial charge is 0.342 e. The van der Waals surface area contributed by atoms with Crippen LogP contribution in [-0.4, -0.2) is 42.5 Å². The fraction of sp³-hybridized carbons (Fsp3) is 0.421. The average molecular weight is 369 g/mol. The van der Waals surface area contributed by atoms with Crippen molar-refractivity contribution in [3.8, 4) is 0 Å². The van der Waals surface area contributed by atoms with Gasteiger partial charge in [-0.15, -0.1) is 0 Å². The van der Waals surface area contributed by atoms with Gasteiger partial charge in [-0.3, -0.25) is 4.79 Å². The number of nitrogens with zero attached hydrogens (tertiary/aromatic N) is 5. The van der Waals surface area contributed by atoms with E-state index in [9.17, 15) is 9.59 Å². The van der Waals surface area contributed by atoms with Gasteiger partial charge in [-0.25, -0.2) is 14.3 Å². The molecule has 3 heterocycles. The first-order valence-corrected chi connectivity index (χ1v) is 9.02. The maximum atomic E-state index is 12.6. The van der Waals surface area contributed by atoms with Crippen molar-refractivity contribution in [2.45, 2.75) is 47.1 Å². The topological polar surface area (TPSA) is 91.4 Å². The van der Waals surface area contributed by atoms with E-state index in [1.54, 1.807) is 0 Å². The Labute approximate surface area is 157 Å². The highest BCUT2D eigenvalue weighted by Crippen LogP contribution is 2.17. The van der Waals surface area contributed by atoms with Gasteiger partial charge < -0.3 is 9.30 Å². The molecule has 0 aliphatic carbocycles. The van der Waals surface area contributed by atoms with Gasteiger partial charge >= 0.3 is 5.97 Å². The molecule has 3 rings (SSSR count). The minimum atomic E-state index is -0.590. The number of hydrogen-bond donors (Lipinski definition) is 0. The molecule has 0 aromatic carbocycles. The quantitative estimate of drug-likeness (QED) is 0.469. The van der Waals surface area contributed by atoms with E-state index >= 15 is 0 Å². The van der Waals surface area contributed by atoms with Gasteiger partial charge in [-0.2, -0.15) is 10.1 Å². The third kappa shape index (κ3) is 3.47. The summed E-state index contributed by atoms with van der Waals surface area (Å²) in [4.78, 5) is 33.2. The van der Waals surface area contributed by atoms with Crippen LogP contribution in [0.5, 0.6) is 0 Å². The minimum absolute atomic E-state index is 0.216. The van der Waals surface area contributed by atoms with Crippen molar-refractivity contribution in [1.82, 2.24) is 24.1 Å². The van der Waals surface area contributed by atoms with E-state index in [4.69, 9.17) is 4.74 Å². The molecule has 0 radical (unpaired) electrons. The van der Waals surface area contributed by atoms with Crippen molar-refractivity contribution in [2.75, 3.05) is 6.61 Å². The molecular weight excluding hydrogens is 346 g/mol. The number of ketones is 1. The molecule has 27 heavy (non-hydrogen) atoms. The first kappa shape index (κ1) is 18.8. The van der Waals surface area contributed by atoms with Gasteiger partial charge in [0.15, 0.2) is 6.61 Å². The first-order valence-electron chi connectivity index (χ1n) is 9.02. The summed E-state index contributed by atoms with van der Waals surface area (Å²) in [5.41, 5.74) is 3.46. The lowest BCUT2D eigenvalue weighted by molar-refractivity contribution is 0.0472. The lowest BCUT2D eigenvalue weighted by Crippen LogP contribution is -2.18. The highest BCUT2D eigenvalue weighted by molar-refractivity contribution is 6.00. The van der Waals surface area contributed by atoms with Crippen molar-refractivity contribution >= 4 is 17.5 Å². The van der Waals surface area contributed by atoms with E-state index in [2.05, 4.69) is 26.6 Å². The Morgan fingerprint density at radius 3 is 2.63 bits per heavy atom. The van der Waals surface area contributed by atoms with Crippen LogP contribution in [0.3, 0.4) is 0 Å². The highest BCUT2D eigenvalue weighted by Gasteiger charge is 2.20. The summed E-state index contributed by atoms with van der Waals surface area (Å²) in [6.45, 7) is 8.42. The van der Waals surface area contributed by atoms with Gasteiger partial charge in [0.2, 0.25) is 5.78 Å². The Kier molecular flexibility index (Phi) is 5.34. The monoisotopic (exact) mass is 369 g/mol. The number of Topliss-reactive ketones (excluding diaryl/α,β-unsaturated/α-hetero) is 1. The number of ether oxygens (including phenoxy) is 1. The molecule has 0 saturated heterocycles.